The molecule has 0 saturated carbocycles. The summed E-state index contributed by atoms with van der Waals surface area (Å²) < 4.78 is 75.5. The van der Waals surface area contributed by atoms with E-state index >= 15 is 4.39 Å². The molecule has 1 atom stereocenters. The molecule has 0 aliphatic carbocycles. The van der Waals surface area contributed by atoms with Gasteiger partial charge < -0.3 is 14.7 Å². The van der Waals surface area contributed by atoms with E-state index in [1.165, 1.54) is 42.3 Å². The maximum absolute atomic E-state index is 15.0. The van der Waals surface area contributed by atoms with Crippen LogP contribution in [0.15, 0.2) is 89.9 Å². The molecule has 0 aromatic heterocycles. The minimum atomic E-state index is -4.70. The van der Waals surface area contributed by atoms with Crippen LogP contribution in [-0.2, 0) is 11.0 Å². The fraction of sp³-hybridized carbons (Fsp3) is 0.133. The van der Waals surface area contributed by atoms with Crippen molar-refractivity contribution in [1.82, 2.24) is 0 Å². The lowest BCUT2D eigenvalue weighted by Crippen LogP contribution is -2.39. The van der Waals surface area contributed by atoms with E-state index in [-0.39, 0.29) is 28.5 Å². The van der Waals surface area contributed by atoms with Gasteiger partial charge in [-0.3, -0.25) is 4.79 Å². The Hall–Kier alpha value is -4.73. The van der Waals surface area contributed by atoms with Crippen molar-refractivity contribution >= 4 is 23.2 Å². The Morgan fingerprint density at radius 1 is 0.925 bits per heavy atom. The number of halogens is 5. The number of nitrogens with zero attached hydrogens (tertiary/aromatic N) is 2. The zero-order valence-electron chi connectivity index (χ0n) is 20.9. The molecule has 0 amide bonds. The predicted octanol–water partition coefficient (Wildman–Crippen LogP) is 7.77. The van der Waals surface area contributed by atoms with E-state index in [9.17, 15) is 27.5 Å². The number of fused-ring (bicyclic) bond motifs is 1. The van der Waals surface area contributed by atoms with Crippen molar-refractivity contribution in [1.29, 1.82) is 0 Å². The van der Waals surface area contributed by atoms with Gasteiger partial charge in [-0.05, 0) is 47.5 Å². The summed E-state index contributed by atoms with van der Waals surface area (Å²) in [4.78, 5) is 17.8. The summed E-state index contributed by atoms with van der Waals surface area (Å²) in [5, 5.41) is 9.78. The summed E-state index contributed by atoms with van der Waals surface area (Å²) in [7, 11) is 1.28. The average molecular weight is 552 g/mol. The van der Waals surface area contributed by atoms with Gasteiger partial charge in [0.15, 0.2) is 0 Å². The zero-order chi connectivity index (χ0) is 28.6. The second kappa shape index (κ2) is 10.4. The highest BCUT2D eigenvalue weighted by atomic mass is 19.4. The van der Waals surface area contributed by atoms with E-state index in [0.717, 1.165) is 18.2 Å². The number of carboxylic acid groups (broad SMARTS) is 1. The second-order valence-electron chi connectivity index (χ2n) is 9.07. The smallest absolute Gasteiger partial charge is 0.416 e. The van der Waals surface area contributed by atoms with Crippen LogP contribution < -0.4 is 9.64 Å². The van der Waals surface area contributed by atoms with E-state index in [1.807, 2.05) is 0 Å². The van der Waals surface area contributed by atoms with E-state index in [4.69, 9.17) is 4.74 Å². The number of hydrogen-bond donors (Lipinski definition) is 1. The van der Waals surface area contributed by atoms with Crippen LogP contribution >= 0.6 is 0 Å². The van der Waals surface area contributed by atoms with E-state index < -0.39 is 41.8 Å². The number of alkyl halides is 3. The Kier molecular flexibility index (Phi) is 7.01. The van der Waals surface area contributed by atoms with Gasteiger partial charge in [0.05, 0.1) is 30.8 Å². The minimum absolute atomic E-state index is 0.0206. The molecule has 0 fully saturated rings. The highest BCUT2D eigenvalue weighted by molar-refractivity contribution is 6.14. The van der Waals surface area contributed by atoms with Crippen molar-refractivity contribution in [2.75, 3.05) is 12.0 Å². The molecule has 40 heavy (non-hydrogen) atoms. The highest BCUT2D eigenvalue weighted by Crippen LogP contribution is 2.46. The zero-order valence-corrected chi connectivity index (χ0v) is 20.9. The van der Waals surface area contributed by atoms with Gasteiger partial charge in [-0.25, -0.2) is 13.8 Å². The van der Waals surface area contributed by atoms with Crippen molar-refractivity contribution in [3.8, 4) is 16.9 Å². The first-order valence-corrected chi connectivity index (χ1v) is 12.1. The molecule has 5 rings (SSSR count). The molecule has 0 saturated heterocycles. The van der Waals surface area contributed by atoms with Gasteiger partial charge in [0.2, 0.25) is 0 Å². The third-order valence-electron chi connectivity index (χ3n) is 6.57. The Balaban J connectivity index is 1.74. The van der Waals surface area contributed by atoms with Crippen LogP contribution in [-0.4, -0.2) is 24.0 Å². The molecule has 1 aliphatic heterocycles. The SMILES string of the molecule is COc1ccc(C(F)(F)F)cc1N1C(c2ccc(-c3cccc(F)c3)cc2)=Nc2c(F)cccc2C1CC(=O)O. The number of methoxy groups -OCH3 is 1. The summed E-state index contributed by atoms with van der Waals surface area (Å²) in [5.41, 5.74) is 0.617. The van der Waals surface area contributed by atoms with Crippen LogP contribution in [0, 0.1) is 11.6 Å². The van der Waals surface area contributed by atoms with Crippen LogP contribution in [0.3, 0.4) is 0 Å². The fourth-order valence-electron chi connectivity index (χ4n) is 4.75. The van der Waals surface area contributed by atoms with E-state index in [1.54, 1.807) is 36.4 Å². The number of amidine groups is 1. The number of rotatable bonds is 6. The van der Waals surface area contributed by atoms with Gasteiger partial charge in [0.25, 0.3) is 0 Å². The molecule has 4 aromatic carbocycles. The maximum atomic E-state index is 15.0. The normalized spacial score (nSPS) is 14.9. The van der Waals surface area contributed by atoms with Gasteiger partial charge in [0, 0.05) is 11.1 Å². The van der Waals surface area contributed by atoms with Crippen molar-refractivity contribution in [2.45, 2.75) is 18.6 Å². The molecule has 0 bridgehead atoms. The first-order valence-electron chi connectivity index (χ1n) is 12.1. The molecule has 204 valence electrons. The van der Waals surface area contributed by atoms with Gasteiger partial charge in [-0.15, -0.1) is 0 Å². The topological polar surface area (TPSA) is 62.1 Å². The summed E-state index contributed by atoms with van der Waals surface area (Å²) in [5.74, 6) is -2.33. The number of aliphatic carboxylic acids is 1. The highest BCUT2D eigenvalue weighted by Gasteiger charge is 2.38. The van der Waals surface area contributed by atoms with Crippen LogP contribution in [0.25, 0.3) is 11.1 Å². The molecule has 0 spiro atoms. The van der Waals surface area contributed by atoms with Gasteiger partial charge in [0.1, 0.15) is 28.9 Å². The summed E-state index contributed by atoms with van der Waals surface area (Å²) in [6.45, 7) is 0. The molecular formula is C30H21F5N2O3. The van der Waals surface area contributed by atoms with Crippen molar-refractivity contribution in [3.05, 3.63) is 113 Å². The third kappa shape index (κ3) is 5.12. The van der Waals surface area contributed by atoms with Crippen LogP contribution in [0.1, 0.15) is 29.2 Å². The monoisotopic (exact) mass is 552 g/mol. The number of carbonyl (C=O) groups is 1. The molecule has 1 aliphatic rings. The molecule has 4 aromatic rings. The molecular weight excluding hydrogens is 531 g/mol. The summed E-state index contributed by atoms with van der Waals surface area (Å²) in [6, 6.07) is 18.2. The Labute approximate surface area is 225 Å². The molecule has 10 heteroatoms. The Morgan fingerprint density at radius 3 is 2.27 bits per heavy atom. The van der Waals surface area contributed by atoms with Crippen LogP contribution in [0.5, 0.6) is 5.75 Å². The van der Waals surface area contributed by atoms with E-state index in [0.29, 0.717) is 16.7 Å². The summed E-state index contributed by atoms with van der Waals surface area (Å²) >= 11 is 0. The van der Waals surface area contributed by atoms with Crippen LogP contribution in [0.2, 0.25) is 0 Å². The number of benzene rings is 4. The number of aliphatic imine (C=N–C) groups is 1. The lowest BCUT2D eigenvalue weighted by Gasteiger charge is -2.38. The largest absolute Gasteiger partial charge is 0.495 e. The predicted molar refractivity (Wildman–Crippen MR) is 140 cm³/mol. The number of carboxylic acids is 1. The van der Waals surface area contributed by atoms with Crippen molar-refractivity contribution in [3.63, 3.8) is 0 Å². The fourth-order valence-corrected chi connectivity index (χ4v) is 4.75. The molecule has 5 nitrogen and oxygen atoms in total. The summed E-state index contributed by atoms with van der Waals surface area (Å²) in [6.07, 6.45) is -5.27. The lowest BCUT2D eigenvalue weighted by atomic mass is 9.94. The minimum Gasteiger partial charge on any atom is -0.495 e. The first-order chi connectivity index (χ1) is 19.1. The molecule has 1 heterocycles. The van der Waals surface area contributed by atoms with Gasteiger partial charge in [-0.1, -0.05) is 48.5 Å². The van der Waals surface area contributed by atoms with Crippen LogP contribution in [0.4, 0.5) is 33.3 Å². The first kappa shape index (κ1) is 26.9. The third-order valence-corrected chi connectivity index (χ3v) is 6.57. The average Bonchev–Trinajstić information content (AvgIpc) is 2.92. The standard InChI is InChI=1S/C30H21F5N2O3/c1-40-26-13-12-20(30(33,34)35)15-25(26)37-24(16-27(38)39)22-6-3-7-23(32)28(22)36-29(37)18-10-8-17(9-11-18)19-4-2-5-21(31)14-19/h2-15,24H,16H2,1H3,(H,38,39). The number of hydrogen-bond acceptors (Lipinski definition) is 4. The Bertz CT molecular complexity index is 1620. The number of anilines is 1. The number of ether oxygens (including phenoxy) is 1. The number of para-hydroxylation sites is 1. The van der Waals surface area contributed by atoms with E-state index in [2.05, 4.69) is 4.99 Å². The maximum Gasteiger partial charge on any atom is 0.416 e. The molecule has 1 unspecified atom stereocenters. The second-order valence-corrected chi connectivity index (χ2v) is 9.07. The van der Waals surface area contributed by atoms with Crippen molar-refractivity contribution < 1.29 is 36.6 Å². The quantitative estimate of drug-likeness (QED) is 0.248. The lowest BCUT2D eigenvalue weighted by molar-refractivity contribution is -0.138. The van der Waals surface area contributed by atoms with Gasteiger partial charge >= 0.3 is 12.1 Å². The van der Waals surface area contributed by atoms with Crippen molar-refractivity contribution in [2.24, 2.45) is 4.99 Å². The van der Waals surface area contributed by atoms with Gasteiger partial charge in [-0.2, -0.15) is 13.2 Å². The Morgan fingerprint density at radius 2 is 1.62 bits per heavy atom. The molecule has 0 radical (unpaired) electrons. The molecule has 1 N–H and O–H groups in total.